The molecule has 0 aliphatic rings. The number of aromatic nitrogens is 4. The third-order valence-electron chi connectivity index (χ3n) is 1.81. The van der Waals surface area contributed by atoms with Crippen LogP contribution in [0.1, 0.15) is 5.56 Å². The molecule has 2 rings (SSSR count). The molecule has 1 N–H and O–H groups in total. The number of rotatable bonds is 2. The summed E-state index contributed by atoms with van der Waals surface area (Å²) < 4.78 is 0. The van der Waals surface area contributed by atoms with Gasteiger partial charge in [0.15, 0.2) is 0 Å². The molecule has 0 saturated heterocycles. The first-order chi connectivity index (χ1) is 6.92. The van der Waals surface area contributed by atoms with Crippen LogP contribution in [0.3, 0.4) is 0 Å². The zero-order valence-electron chi connectivity index (χ0n) is 7.31. The Hall–Kier alpha value is -2.22. The largest absolute Gasteiger partial charge is 0.276 e. The van der Waals surface area contributed by atoms with E-state index in [0.29, 0.717) is 12.1 Å². The van der Waals surface area contributed by atoms with Crippen LogP contribution >= 0.6 is 0 Å². The Kier molecular flexibility index (Phi) is 2.19. The topological polar surface area (TPSA) is 78.2 Å². The first kappa shape index (κ1) is 8.38. The van der Waals surface area contributed by atoms with Crippen molar-refractivity contribution in [3.05, 3.63) is 30.4 Å². The maximum atomic E-state index is 8.58. The van der Waals surface area contributed by atoms with Crippen LogP contribution in [0.4, 0.5) is 0 Å². The van der Waals surface area contributed by atoms with Crippen LogP contribution in [0, 0.1) is 11.3 Å². The van der Waals surface area contributed by atoms with Crippen molar-refractivity contribution >= 4 is 0 Å². The van der Waals surface area contributed by atoms with Crippen molar-refractivity contribution in [3.8, 4) is 17.5 Å². The summed E-state index contributed by atoms with van der Waals surface area (Å²) in [5, 5.41) is 15.3. The first-order valence-corrected chi connectivity index (χ1v) is 4.07. The highest BCUT2D eigenvalue weighted by Gasteiger charge is 2.07. The van der Waals surface area contributed by atoms with Crippen LogP contribution in [0.5, 0.6) is 0 Å². The lowest BCUT2D eigenvalue weighted by molar-refractivity contribution is 1.08. The lowest BCUT2D eigenvalue weighted by Crippen LogP contribution is -1.89. The fourth-order valence-electron chi connectivity index (χ4n) is 1.18. The Bertz CT molecular complexity index is 454. The molecule has 0 bridgehead atoms. The first-order valence-electron chi connectivity index (χ1n) is 4.07. The van der Waals surface area contributed by atoms with Gasteiger partial charge in [-0.25, -0.2) is 0 Å². The molecule has 0 spiro atoms. The van der Waals surface area contributed by atoms with Crippen molar-refractivity contribution in [2.45, 2.75) is 6.42 Å². The van der Waals surface area contributed by atoms with E-state index in [4.69, 9.17) is 5.26 Å². The summed E-state index contributed by atoms with van der Waals surface area (Å²) in [6.45, 7) is 0. The van der Waals surface area contributed by atoms with Gasteiger partial charge in [-0.1, -0.05) is 0 Å². The van der Waals surface area contributed by atoms with E-state index in [0.717, 1.165) is 11.3 Å². The number of hydrogen-bond donors (Lipinski definition) is 1. The molecule has 0 atom stereocenters. The number of nitrogens with one attached hydrogen (secondary N) is 1. The molecule has 0 amide bonds. The second kappa shape index (κ2) is 3.66. The molecule has 0 aromatic carbocycles. The van der Waals surface area contributed by atoms with E-state index in [1.54, 1.807) is 24.8 Å². The minimum absolute atomic E-state index is 0.322. The number of H-pyrrole nitrogens is 1. The van der Waals surface area contributed by atoms with E-state index < -0.39 is 0 Å². The highest BCUT2D eigenvalue weighted by atomic mass is 15.1. The van der Waals surface area contributed by atoms with Gasteiger partial charge in [-0.2, -0.15) is 10.4 Å². The van der Waals surface area contributed by atoms with Crippen molar-refractivity contribution < 1.29 is 0 Å². The lowest BCUT2D eigenvalue weighted by Gasteiger charge is -1.96. The standard InChI is InChI=1S/C9H7N5/c10-2-1-7-5-13-14-9(7)8-6-11-3-4-12-8/h3-6H,1H2,(H,13,14). The van der Waals surface area contributed by atoms with Gasteiger partial charge in [0, 0.05) is 18.0 Å². The van der Waals surface area contributed by atoms with Crippen LogP contribution < -0.4 is 0 Å². The van der Waals surface area contributed by atoms with Gasteiger partial charge in [0.05, 0.1) is 30.6 Å². The molecule has 0 saturated carbocycles. The highest BCUT2D eigenvalue weighted by molar-refractivity contribution is 5.57. The van der Waals surface area contributed by atoms with E-state index in [2.05, 4.69) is 26.2 Å². The molecule has 2 aromatic heterocycles. The average Bonchev–Trinajstić information content (AvgIpc) is 2.68. The summed E-state index contributed by atoms with van der Waals surface area (Å²) in [7, 11) is 0. The van der Waals surface area contributed by atoms with Crippen LogP contribution in [-0.4, -0.2) is 20.2 Å². The summed E-state index contributed by atoms with van der Waals surface area (Å²) in [4.78, 5) is 8.07. The van der Waals surface area contributed by atoms with Crippen LogP contribution in [-0.2, 0) is 6.42 Å². The summed E-state index contributed by atoms with van der Waals surface area (Å²) in [6.07, 6.45) is 6.79. The SMILES string of the molecule is N#CCc1cn[nH]c1-c1cnccn1. The van der Waals surface area contributed by atoms with Crippen molar-refractivity contribution in [1.29, 1.82) is 5.26 Å². The average molecular weight is 185 g/mol. The van der Waals surface area contributed by atoms with Crippen molar-refractivity contribution in [2.75, 3.05) is 0 Å². The van der Waals surface area contributed by atoms with Crippen molar-refractivity contribution in [3.63, 3.8) is 0 Å². The van der Waals surface area contributed by atoms with Gasteiger partial charge in [0.25, 0.3) is 0 Å². The van der Waals surface area contributed by atoms with E-state index in [-0.39, 0.29) is 0 Å². The molecule has 5 nitrogen and oxygen atoms in total. The molecule has 0 aliphatic carbocycles. The second-order valence-electron chi connectivity index (χ2n) is 2.70. The predicted molar refractivity (Wildman–Crippen MR) is 48.9 cm³/mol. The molecule has 0 aliphatic heterocycles. The molecule has 5 heteroatoms. The molecule has 14 heavy (non-hydrogen) atoms. The summed E-state index contributed by atoms with van der Waals surface area (Å²) in [5.74, 6) is 0. The normalized spacial score (nSPS) is 9.64. The fraction of sp³-hybridized carbons (Fsp3) is 0.111. The molecule has 2 heterocycles. The zero-order valence-corrected chi connectivity index (χ0v) is 7.31. The Labute approximate surface area is 80.4 Å². The fourth-order valence-corrected chi connectivity index (χ4v) is 1.18. The van der Waals surface area contributed by atoms with Crippen molar-refractivity contribution in [2.24, 2.45) is 0 Å². The number of nitrogens with zero attached hydrogens (tertiary/aromatic N) is 4. The van der Waals surface area contributed by atoms with E-state index in [1.807, 2.05) is 0 Å². The van der Waals surface area contributed by atoms with E-state index in [1.165, 1.54) is 0 Å². The molecule has 0 unspecified atom stereocenters. The maximum Gasteiger partial charge on any atom is 0.107 e. The smallest absolute Gasteiger partial charge is 0.107 e. The van der Waals surface area contributed by atoms with Gasteiger partial charge in [0.2, 0.25) is 0 Å². The van der Waals surface area contributed by atoms with E-state index in [9.17, 15) is 0 Å². The molecule has 0 radical (unpaired) electrons. The van der Waals surface area contributed by atoms with E-state index >= 15 is 0 Å². The Balaban J connectivity index is 2.43. The van der Waals surface area contributed by atoms with Crippen molar-refractivity contribution in [1.82, 2.24) is 20.2 Å². The Morgan fingerprint density at radius 2 is 2.29 bits per heavy atom. The number of hydrogen-bond acceptors (Lipinski definition) is 4. The van der Waals surface area contributed by atoms with Crippen LogP contribution in [0.25, 0.3) is 11.4 Å². The minimum atomic E-state index is 0.322. The molecule has 68 valence electrons. The molecular formula is C9H7N5. The molecule has 0 fully saturated rings. The van der Waals surface area contributed by atoms with Crippen LogP contribution in [0.2, 0.25) is 0 Å². The van der Waals surface area contributed by atoms with Gasteiger partial charge in [-0.05, 0) is 0 Å². The maximum absolute atomic E-state index is 8.58. The quantitative estimate of drug-likeness (QED) is 0.754. The van der Waals surface area contributed by atoms with Gasteiger partial charge < -0.3 is 0 Å². The zero-order chi connectivity index (χ0) is 9.80. The molecular weight excluding hydrogens is 178 g/mol. The third kappa shape index (κ3) is 1.45. The third-order valence-corrected chi connectivity index (χ3v) is 1.81. The Morgan fingerprint density at radius 1 is 1.36 bits per heavy atom. The van der Waals surface area contributed by atoms with Gasteiger partial charge in [-0.15, -0.1) is 0 Å². The van der Waals surface area contributed by atoms with Gasteiger partial charge in [-0.3, -0.25) is 15.1 Å². The molecule has 2 aromatic rings. The summed E-state index contributed by atoms with van der Waals surface area (Å²) >= 11 is 0. The van der Waals surface area contributed by atoms with Gasteiger partial charge >= 0.3 is 0 Å². The summed E-state index contributed by atoms with van der Waals surface area (Å²) in [5.41, 5.74) is 2.31. The minimum Gasteiger partial charge on any atom is -0.276 e. The predicted octanol–water partition coefficient (Wildman–Crippen LogP) is 0.933. The summed E-state index contributed by atoms with van der Waals surface area (Å²) in [6, 6.07) is 2.07. The number of nitriles is 1. The number of aromatic amines is 1. The highest BCUT2D eigenvalue weighted by Crippen LogP contribution is 2.17. The Morgan fingerprint density at radius 3 is 3.00 bits per heavy atom. The van der Waals surface area contributed by atoms with Gasteiger partial charge in [0.1, 0.15) is 5.69 Å². The second-order valence-corrected chi connectivity index (χ2v) is 2.70. The monoisotopic (exact) mass is 185 g/mol. The lowest BCUT2D eigenvalue weighted by atomic mass is 10.1. The van der Waals surface area contributed by atoms with Crippen LogP contribution in [0.15, 0.2) is 24.8 Å².